The van der Waals surface area contributed by atoms with Crippen molar-refractivity contribution in [1.29, 1.82) is 0 Å². The molecule has 0 bridgehead atoms. The van der Waals surface area contributed by atoms with Crippen LogP contribution in [0.15, 0.2) is 40.7 Å². The van der Waals surface area contributed by atoms with Crippen molar-refractivity contribution >= 4 is 22.6 Å². The van der Waals surface area contributed by atoms with E-state index in [0.29, 0.717) is 12.3 Å². The summed E-state index contributed by atoms with van der Waals surface area (Å²) in [5.74, 6) is -0.232. The summed E-state index contributed by atoms with van der Waals surface area (Å²) in [5.41, 5.74) is 10.8. The quantitative estimate of drug-likeness (QED) is 0.756. The van der Waals surface area contributed by atoms with E-state index in [4.69, 9.17) is 4.74 Å². The fraction of sp³-hybridized carbons (Fsp3) is 0.316. The summed E-state index contributed by atoms with van der Waals surface area (Å²) < 4.78 is 21.2. The Labute approximate surface area is 157 Å². The maximum atomic E-state index is 14.2. The van der Waals surface area contributed by atoms with Crippen LogP contribution in [0.25, 0.3) is 11.4 Å². The maximum Gasteiger partial charge on any atom is 0.179 e. The molecule has 0 spiro atoms. The number of methoxy groups -OCH3 is 1. The largest absolute Gasteiger partial charge is 0.385 e. The number of benzene rings is 1. The molecule has 0 radical (unpaired) electrons. The van der Waals surface area contributed by atoms with Gasteiger partial charge in [0.25, 0.3) is 0 Å². The summed E-state index contributed by atoms with van der Waals surface area (Å²) in [5, 5.41) is 2.85. The Morgan fingerprint density at radius 2 is 2.04 bits per heavy atom. The Bertz CT molecular complexity index is 844. The molecule has 2 aromatic rings. The van der Waals surface area contributed by atoms with Crippen LogP contribution in [-0.4, -0.2) is 30.0 Å². The Hall–Kier alpha value is -2.25. The first-order valence-corrected chi connectivity index (χ1v) is 9.36. The van der Waals surface area contributed by atoms with Crippen molar-refractivity contribution in [1.82, 2.24) is 15.4 Å². The van der Waals surface area contributed by atoms with Crippen molar-refractivity contribution in [2.24, 2.45) is 4.99 Å². The maximum absolute atomic E-state index is 14.2. The van der Waals surface area contributed by atoms with Crippen LogP contribution >= 0.6 is 11.8 Å². The summed E-state index contributed by atoms with van der Waals surface area (Å²) in [6.45, 7) is 5.40. The minimum Gasteiger partial charge on any atom is -0.385 e. The first-order chi connectivity index (χ1) is 12.6. The molecular formula is C19H23FN4OS. The number of thioether (sulfide) groups is 1. The fourth-order valence-corrected chi connectivity index (χ4v) is 3.62. The van der Waals surface area contributed by atoms with E-state index in [1.807, 2.05) is 29.9 Å². The Kier molecular flexibility index (Phi) is 6.00. The standard InChI is InChI=1S/C19H23FN4OS/c1-13-11-15(14(2)24(13)18-8-5-4-7-16(18)20)17-12-26-19(23-22-17)21-9-6-10-25-3/h4-5,7-8,11-12,22H,6,9-10H2,1-3H3,(H,21,23). The summed E-state index contributed by atoms with van der Waals surface area (Å²) in [4.78, 5) is 4.48. The molecule has 1 aliphatic rings. The fourth-order valence-electron chi connectivity index (χ4n) is 2.93. The van der Waals surface area contributed by atoms with Crippen molar-refractivity contribution in [2.75, 3.05) is 20.3 Å². The number of aliphatic imine (C=N–C) groups is 1. The van der Waals surface area contributed by atoms with Crippen LogP contribution in [-0.2, 0) is 4.74 Å². The second-order valence-electron chi connectivity index (χ2n) is 6.00. The molecule has 1 aliphatic heterocycles. The molecule has 5 nitrogen and oxygen atoms in total. The minimum atomic E-state index is -0.232. The molecule has 0 fully saturated rings. The number of para-hydroxylation sites is 1. The van der Waals surface area contributed by atoms with Crippen LogP contribution in [0.1, 0.15) is 23.4 Å². The van der Waals surface area contributed by atoms with Gasteiger partial charge < -0.3 is 9.30 Å². The molecule has 0 amide bonds. The van der Waals surface area contributed by atoms with Gasteiger partial charge in [-0.15, -0.1) is 0 Å². The second-order valence-corrected chi connectivity index (χ2v) is 6.86. The highest BCUT2D eigenvalue weighted by Gasteiger charge is 2.18. The number of hydrogen-bond acceptors (Lipinski definition) is 4. The molecule has 0 aliphatic carbocycles. The number of nitrogens with one attached hydrogen (secondary N) is 2. The zero-order chi connectivity index (χ0) is 18.5. The van der Waals surface area contributed by atoms with Crippen LogP contribution in [0.5, 0.6) is 0 Å². The Morgan fingerprint density at radius 3 is 2.73 bits per heavy atom. The van der Waals surface area contributed by atoms with E-state index in [9.17, 15) is 4.39 Å². The average molecular weight is 374 g/mol. The van der Waals surface area contributed by atoms with E-state index in [2.05, 4.69) is 21.9 Å². The zero-order valence-electron chi connectivity index (χ0n) is 15.2. The highest BCUT2D eigenvalue weighted by atomic mass is 32.2. The lowest BCUT2D eigenvalue weighted by atomic mass is 10.2. The molecule has 1 aromatic carbocycles. The van der Waals surface area contributed by atoms with Crippen LogP contribution in [0.3, 0.4) is 0 Å². The lowest BCUT2D eigenvalue weighted by Gasteiger charge is -2.19. The molecule has 0 atom stereocenters. The minimum absolute atomic E-state index is 0.232. The number of rotatable bonds is 6. The van der Waals surface area contributed by atoms with Gasteiger partial charge in [0, 0.05) is 42.6 Å². The van der Waals surface area contributed by atoms with Crippen LogP contribution in [0.2, 0.25) is 0 Å². The smallest absolute Gasteiger partial charge is 0.179 e. The molecule has 1 aromatic heterocycles. The third-order valence-corrected chi connectivity index (χ3v) is 4.98. The van der Waals surface area contributed by atoms with E-state index in [-0.39, 0.29) is 5.82 Å². The van der Waals surface area contributed by atoms with Crippen LogP contribution in [0, 0.1) is 19.7 Å². The first kappa shape index (κ1) is 18.5. The number of nitrogens with zero attached hydrogens (tertiary/aromatic N) is 2. The molecule has 7 heteroatoms. The van der Waals surface area contributed by atoms with Crippen molar-refractivity contribution < 1.29 is 9.13 Å². The zero-order valence-corrected chi connectivity index (χ0v) is 16.0. The Morgan fingerprint density at radius 1 is 1.23 bits per heavy atom. The van der Waals surface area contributed by atoms with Crippen LogP contribution < -0.4 is 10.9 Å². The van der Waals surface area contributed by atoms with Gasteiger partial charge in [0.15, 0.2) is 5.17 Å². The van der Waals surface area contributed by atoms with Crippen molar-refractivity contribution in [3.63, 3.8) is 0 Å². The molecule has 2 heterocycles. The summed E-state index contributed by atoms with van der Waals surface area (Å²) in [7, 11) is 1.69. The molecule has 0 saturated heterocycles. The van der Waals surface area contributed by atoms with Gasteiger partial charge in [-0.05, 0) is 38.5 Å². The number of amidine groups is 1. The number of ether oxygens (including phenoxy) is 1. The molecule has 138 valence electrons. The monoisotopic (exact) mass is 374 g/mol. The van der Waals surface area contributed by atoms with Crippen LogP contribution in [0.4, 0.5) is 4.39 Å². The molecule has 3 rings (SSSR count). The van der Waals surface area contributed by atoms with E-state index in [1.165, 1.54) is 17.8 Å². The number of hydrazine groups is 1. The normalized spacial score (nSPS) is 15.5. The predicted molar refractivity (Wildman–Crippen MR) is 106 cm³/mol. The second kappa shape index (κ2) is 8.42. The molecule has 0 saturated carbocycles. The topological polar surface area (TPSA) is 50.6 Å². The van der Waals surface area contributed by atoms with Gasteiger partial charge in [0.2, 0.25) is 0 Å². The molecule has 26 heavy (non-hydrogen) atoms. The van der Waals surface area contributed by atoms with Gasteiger partial charge >= 0.3 is 0 Å². The summed E-state index contributed by atoms with van der Waals surface area (Å²) in [6, 6.07) is 8.88. The van der Waals surface area contributed by atoms with Crippen molar-refractivity contribution in [3.05, 3.63) is 58.5 Å². The summed E-state index contributed by atoms with van der Waals surface area (Å²) in [6.07, 6.45) is 0.891. The number of aromatic nitrogens is 1. The van der Waals surface area contributed by atoms with Crippen molar-refractivity contribution in [2.45, 2.75) is 20.3 Å². The Balaban J connectivity index is 1.80. The van der Waals surface area contributed by atoms with Gasteiger partial charge in [-0.25, -0.2) is 4.39 Å². The average Bonchev–Trinajstić information content (AvgIpc) is 2.94. The third-order valence-electron chi connectivity index (χ3n) is 4.17. The van der Waals surface area contributed by atoms with Crippen molar-refractivity contribution in [3.8, 4) is 5.69 Å². The lowest BCUT2D eigenvalue weighted by Crippen LogP contribution is -2.37. The lowest BCUT2D eigenvalue weighted by molar-refractivity contribution is 0.197. The highest BCUT2D eigenvalue weighted by Crippen LogP contribution is 2.28. The third kappa shape index (κ3) is 3.94. The number of aryl methyl sites for hydroxylation is 1. The van der Waals surface area contributed by atoms with E-state index in [0.717, 1.165) is 40.8 Å². The summed E-state index contributed by atoms with van der Waals surface area (Å²) >= 11 is 1.54. The van der Waals surface area contributed by atoms with Gasteiger partial charge in [0.05, 0.1) is 11.4 Å². The van der Waals surface area contributed by atoms with Gasteiger partial charge in [0.1, 0.15) is 5.82 Å². The van der Waals surface area contributed by atoms with E-state index < -0.39 is 0 Å². The van der Waals surface area contributed by atoms with Gasteiger partial charge in [-0.3, -0.25) is 15.8 Å². The number of hydrogen-bond donors (Lipinski definition) is 2. The van der Waals surface area contributed by atoms with E-state index in [1.54, 1.807) is 19.2 Å². The number of halogens is 1. The van der Waals surface area contributed by atoms with E-state index >= 15 is 0 Å². The molecule has 2 N–H and O–H groups in total. The first-order valence-electron chi connectivity index (χ1n) is 8.48. The van der Waals surface area contributed by atoms with Gasteiger partial charge in [-0.2, -0.15) is 0 Å². The highest BCUT2D eigenvalue weighted by molar-refractivity contribution is 8.16. The van der Waals surface area contributed by atoms with Gasteiger partial charge in [-0.1, -0.05) is 23.9 Å². The SMILES string of the molecule is COCCCN=C1NNC(c2cc(C)n(-c3ccccc3F)c2C)=CS1. The molecule has 0 unspecified atom stereocenters. The predicted octanol–water partition coefficient (Wildman–Crippen LogP) is 3.77. The molecular weight excluding hydrogens is 351 g/mol.